The fourth-order valence-corrected chi connectivity index (χ4v) is 4.21. The topological polar surface area (TPSA) is 105 Å². The summed E-state index contributed by atoms with van der Waals surface area (Å²) in [4.78, 5) is 27.5. The van der Waals surface area contributed by atoms with Crippen molar-refractivity contribution in [2.45, 2.75) is 39.4 Å². The largest absolute Gasteiger partial charge is 0.497 e. The van der Waals surface area contributed by atoms with Crippen LogP contribution in [-0.2, 0) is 26.2 Å². The van der Waals surface area contributed by atoms with Gasteiger partial charge < -0.3 is 19.7 Å². The fraction of sp³-hybridized carbons (Fsp3) is 0.417. The molecule has 2 aromatic rings. The monoisotopic (exact) mass is 509 g/mol. The molecule has 0 bridgehead atoms. The molecule has 2 aromatic carbocycles. The summed E-state index contributed by atoms with van der Waals surface area (Å²) in [6.45, 7) is 4.51. The molecular formula is C24H32FN3O6S. The van der Waals surface area contributed by atoms with Gasteiger partial charge in [-0.2, -0.15) is 0 Å². The molecule has 0 radical (unpaired) electrons. The molecule has 2 amide bonds. The second kappa shape index (κ2) is 11.9. The van der Waals surface area contributed by atoms with Gasteiger partial charge in [0.15, 0.2) is 0 Å². The van der Waals surface area contributed by atoms with Gasteiger partial charge in [0.25, 0.3) is 0 Å². The molecule has 1 atom stereocenters. The molecule has 0 aliphatic rings. The van der Waals surface area contributed by atoms with E-state index in [2.05, 4.69) is 5.32 Å². The molecule has 0 saturated heterocycles. The molecule has 9 nitrogen and oxygen atoms in total. The predicted octanol–water partition coefficient (Wildman–Crippen LogP) is 2.55. The molecule has 0 fully saturated rings. The Balaban J connectivity index is 2.47. The third-order valence-corrected chi connectivity index (χ3v) is 6.32. The van der Waals surface area contributed by atoms with Gasteiger partial charge in [-0.1, -0.05) is 12.1 Å². The van der Waals surface area contributed by atoms with Gasteiger partial charge in [-0.05, 0) is 50.6 Å². The number of methoxy groups -OCH3 is 2. The minimum Gasteiger partial charge on any atom is -0.497 e. The number of rotatable bonds is 11. The van der Waals surface area contributed by atoms with Crippen molar-refractivity contribution < 1.29 is 31.9 Å². The average Bonchev–Trinajstić information content (AvgIpc) is 2.79. The number of hydrogen-bond acceptors (Lipinski definition) is 6. The smallest absolute Gasteiger partial charge is 0.244 e. The van der Waals surface area contributed by atoms with Crippen LogP contribution < -0.4 is 19.1 Å². The van der Waals surface area contributed by atoms with Crippen LogP contribution in [0.4, 0.5) is 10.1 Å². The van der Waals surface area contributed by atoms with Crippen LogP contribution in [0.25, 0.3) is 0 Å². The Labute approximate surface area is 205 Å². The Kier molecular flexibility index (Phi) is 9.47. The highest BCUT2D eigenvalue weighted by molar-refractivity contribution is 7.92. The van der Waals surface area contributed by atoms with Crippen LogP contribution in [0, 0.1) is 5.82 Å². The van der Waals surface area contributed by atoms with Crippen LogP contribution in [0.2, 0.25) is 0 Å². The van der Waals surface area contributed by atoms with Crippen LogP contribution in [-0.4, -0.2) is 64.2 Å². The Bertz CT molecular complexity index is 1140. The van der Waals surface area contributed by atoms with Gasteiger partial charge in [-0.25, -0.2) is 12.8 Å². The minimum absolute atomic E-state index is 0.0291. The number of nitrogens with zero attached hydrogens (tertiary/aromatic N) is 2. The Morgan fingerprint density at radius 1 is 1.03 bits per heavy atom. The molecule has 11 heteroatoms. The van der Waals surface area contributed by atoms with Gasteiger partial charge in [0.05, 0.1) is 26.2 Å². The number of anilines is 1. The SMILES string of the molecule is COc1ccc(OC)c(N(CC(=O)N(Cc2ccc(F)cc2)[C@@H](C)C(=O)NC(C)C)S(C)(=O)=O)c1. The summed E-state index contributed by atoms with van der Waals surface area (Å²) in [6.07, 6.45) is 0.971. The molecule has 2 rings (SSSR count). The summed E-state index contributed by atoms with van der Waals surface area (Å²) in [5.41, 5.74) is 0.692. The summed E-state index contributed by atoms with van der Waals surface area (Å²) in [5, 5.41) is 2.76. The molecule has 0 heterocycles. The van der Waals surface area contributed by atoms with Crippen molar-refractivity contribution in [3.8, 4) is 11.5 Å². The zero-order valence-electron chi connectivity index (χ0n) is 20.7. The standard InChI is InChI=1S/C24H32FN3O6S/c1-16(2)26-24(30)17(3)27(14-18-7-9-19(25)10-8-18)23(29)15-28(35(6,31)32)21-13-20(33-4)11-12-22(21)34-5/h7-13,16-17H,14-15H2,1-6H3,(H,26,30)/t17-/m0/s1. The first-order valence-electron chi connectivity index (χ1n) is 10.9. The van der Waals surface area contributed by atoms with Gasteiger partial charge in [0.2, 0.25) is 21.8 Å². The van der Waals surface area contributed by atoms with Crippen molar-refractivity contribution in [3.63, 3.8) is 0 Å². The lowest BCUT2D eigenvalue weighted by atomic mass is 10.1. The van der Waals surface area contributed by atoms with E-state index in [0.717, 1.165) is 10.6 Å². The van der Waals surface area contributed by atoms with E-state index < -0.39 is 40.2 Å². The molecule has 192 valence electrons. The van der Waals surface area contributed by atoms with Gasteiger partial charge in [-0.15, -0.1) is 0 Å². The number of carbonyl (C=O) groups is 2. The van der Waals surface area contributed by atoms with Crippen LogP contribution in [0.15, 0.2) is 42.5 Å². The van der Waals surface area contributed by atoms with E-state index in [4.69, 9.17) is 9.47 Å². The maximum Gasteiger partial charge on any atom is 0.244 e. The molecular weight excluding hydrogens is 477 g/mol. The number of ether oxygens (including phenoxy) is 2. The van der Waals surface area contributed by atoms with Crippen molar-refractivity contribution in [2.24, 2.45) is 0 Å². The van der Waals surface area contributed by atoms with E-state index >= 15 is 0 Å². The highest BCUT2D eigenvalue weighted by Crippen LogP contribution is 2.34. The average molecular weight is 510 g/mol. The minimum atomic E-state index is -3.95. The van der Waals surface area contributed by atoms with E-state index in [1.165, 1.54) is 55.5 Å². The fourth-order valence-electron chi connectivity index (χ4n) is 3.36. The highest BCUT2D eigenvalue weighted by atomic mass is 32.2. The summed E-state index contributed by atoms with van der Waals surface area (Å²) in [6, 6.07) is 9.00. The summed E-state index contributed by atoms with van der Waals surface area (Å²) >= 11 is 0. The number of hydrogen-bond donors (Lipinski definition) is 1. The molecule has 0 saturated carbocycles. The quantitative estimate of drug-likeness (QED) is 0.499. The maximum atomic E-state index is 13.5. The first-order chi connectivity index (χ1) is 16.4. The lowest BCUT2D eigenvalue weighted by molar-refractivity contribution is -0.139. The summed E-state index contributed by atoms with van der Waals surface area (Å²) in [7, 11) is -1.13. The number of carbonyl (C=O) groups excluding carboxylic acids is 2. The van der Waals surface area contributed by atoms with Crippen molar-refractivity contribution in [1.29, 1.82) is 0 Å². The third-order valence-electron chi connectivity index (χ3n) is 5.20. The molecule has 0 aliphatic heterocycles. The zero-order valence-corrected chi connectivity index (χ0v) is 21.6. The van der Waals surface area contributed by atoms with Crippen LogP contribution >= 0.6 is 0 Å². The second-order valence-electron chi connectivity index (χ2n) is 8.29. The number of benzene rings is 2. The van der Waals surface area contributed by atoms with Crippen LogP contribution in [0.3, 0.4) is 0 Å². The van der Waals surface area contributed by atoms with E-state index in [1.54, 1.807) is 26.8 Å². The number of amides is 2. The molecule has 0 spiro atoms. The molecule has 35 heavy (non-hydrogen) atoms. The van der Waals surface area contributed by atoms with Gasteiger partial charge in [-0.3, -0.25) is 13.9 Å². The molecule has 0 unspecified atom stereocenters. The van der Waals surface area contributed by atoms with Gasteiger partial charge >= 0.3 is 0 Å². The third kappa shape index (κ3) is 7.57. The Hall–Kier alpha value is -3.34. The predicted molar refractivity (Wildman–Crippen MR) is 131 cm³/mol. The van der Waals surface area contributed by atoms with Crippen molar-refractivity contribution in [3.05, 3.63) is 53.8 Å². The summed E-state index contributed by atoms with van der Waals surface area (Å²) in [5.74, 6) is -0.878. The van der Waals surface area contributed by atoms with Gasteiger partial charge in [0, 0.05) is 18.7 Å². The molecule has 0 aromatic heterocycles. The van der Waals surface area contributed by atoms with Gasteiger partial charge in [0.1, 0.15) is 29.9 Å². The lowest BCUT2D eigenvalue weighted by Crippen LogP contribution is -2.52. The first kappa shape index (κ1) is 27.9. The van der Waals surface area contributed by atoms with Crippen LogP contribution in [0.1, 0.15) is 26.3 Å². The highest BCUT2D eigenvalue weighted by Gasteiger charge is 2.31. The van der Waals surface area contributed by atoms with Crippen molar-refractivity contribution in [1.82, 2.24) is 10.2 Å². The second-order valence-corrected chi connectivity index (χ2v) is 10.2. The Morgan fingerprint density at radius 3 is 2.17 bits per heavy atom. The van der Waals surface area contributed by atoms with Crippen LogP contribution in [0.5, 0.6) is 11.5 Å². The maximum absolute atomic E-state index is 13.5. The van der Waals surface area contributed by atoms with E-state index in [-0.39, 0.29) is 24.0 Å². The number of nitrogens with one attached hydrogen (secondary N) is 1. The first-order valence-corrected chi connectivity index (χ1v) is 12.8. The number of halogens is 1. The lowest BCUT2D eigenvalue weighted by Gasteiger charge is -2.32. The van der Waals surface area contributed by atoms with Crippen molar-refractivity contribution >= 4 is 27.5 Å². The van der Waals surface area contributed by atoms with E-state index in [9.17, 15) is 22.4 Å². The van der Waals surface area contributed by atoms with Crippen molar-refractivity contribution in [2.75, 3.05) is 31.3 Å². The normalized spacial score (nSPS) is 12.1. The Morgan fingerprint density at radius 2 is 1.66 bits per heavy atom. The molecule has 0 aliphatic carbocycles. The number of sulfonamides is 1. The summed E-state index contributed by atoms with van der Waals surface area (Å²) < 4.78 is 50.3. The van der Waals surface area contributed by atoms with E-state index in [0.29, 0.717) is 11.3 Å². The van der Waals surface area contributed by atoms with E-state index in [1.807, 2.05) is 0 Å². The molecule has 1 N–H and O–H groups in total. The zero-order chi connectivity index (χ0) is 26.3.